The van der Waals surface area contributed by atoms with Crippen molar-refractivity contribution in [3.63, 3.8) is 0 Å². The van der Waals surface area contributed by atoms with Crippen molar-refractivity contribution in [3.8, 4) is 34.3 Å². The maximum Gasteiger partial charge on any atom is 0.250 e. The number of amides is 1. The summed E-state index contributed by atoms with van der Waals surface area (Å²) < 4.78 is 12.2. The van der Waals surface area contributed by atoms with Crippen molar-refractivity contribution < 1.29 is 19.4 Å². The summed E-state index contributed by atoms with van der Waals surface area (Å²) in [7, 11) is 2.87. The summed E-state index contributed by atoms with van der Waals surface area (Å²) in [4.78, 5) is 12.5. The van der Waals surface area contributed by atoms with E-state index in [1.807, 2.05) is 47.9 Å². The number of aryl methyl sites for hydroxylation is 1. The lowest BCUT2D eigenvalue weighted by atomic mass is 10.2. The van der Waals surface area contributed by atoms with Gasteiger partial charge in [-0.2, -0.15) is 5.10 Å². The van der Waals surface area contributed by atoms with Gasteiger partial charge in [-0.15, -0.1) is 10.2 Å². The molecule has 4 aromatic rings. The lowest BCUT2D eigenvalue weighted by Crippen LogP contribution is -2.20. The Kier molecular flexibility index (Phi) is 8.32. The van der Waals surface area contributed by atoms with E-state index in [2.05, 4.69) is 20.7 Å². The number of methoxy groups -OCH3 is 2. The number of hydrogen-bond acceptors (Lipinski definition) is 8. The SMILES string of the molecule is COc1cc(C=NNC(=O)CSc2nnc(-c3ccc(Cl)cc3)n2-c2ccc(C)cc2)cc(OC)c1O. The van der Waals surface area contributed by atoms with Gasteiger partial charge in [-0.3, -0.25) is 9.36 Å². The number of phenolic OH excluding ortho intramolecular Hbond substituents is 1. The molecular formula is C26H24ClN5O4S. The zero-order valence-corrected chi connectivity index (χ0v) is 21.9. The number of ether oxygens (including phenoxy) is 2. The van der Waals surface area contributed by atoms with Gasteiger partial charge in [0.15, 0.2) is 22.5 Å². The van der Waals surface area contributed by atoms with Crippen molar-refractivity contribution in [3.05, 3.63) is 76.8 Å². The van der Waals surface area contributed by atoms with Crippen LogP contribution in [0.4, 0.5) is 0 Å². The van der Waals surface area contributed by atoms with Gasteiger partial charge in [-0.25, -0.2) is 5.43 Å². The summed E-state index contributed by atoms with van der Waals surface area (Å²) >= 11 is 7.29. The molecule has 0 atom stereocenters. The Balaban J connectivity index is 1.49. The number of carbonyl (C=O) groups is 1. The Bertz CT molecular complexity index is 1400. The van der Waals surface area contributed by atoms with E-state index >= 15 is 0 Å². The lowest BCUT2D eigenvalue weighted by Gasteiger charge is -2.11. The van der Waals surface area contributed by atoms with Crippen LogP contribution < -0.4 is 14.9 Å². The molecule has 3 aromatic carbocycles. The number of nitrogens with zero attached hydrogens (tertiary/aromatic N) is 4. The van der Waals surface area contributed by atoms with Crippen LogP contribution in [0.1, 0.15) is 11.1 Å². The highest BCUT2D eigenvalue weighted by atomic mass is 35.5. The van der Waals surface area contributed by atoms with E-state index in [9.17, 15) is 9.90 Å². The fourth-order valence-corrected chi connectivity index (χ4v) is 4.28. The van der Waals surface area contributed by atoms with Crippen molar-refractivity contribution in [1.29, 1.82) is 0 Å². The van der Waals surface area contributed by atoms with E-state index in [1.165, 1.54) is 32.2 Å². The number of thioether (sulfide) groups is 1. The lowest BCUT2D eigenvalue weighted by molar-refractivity contribution is -0.118. The van der Waals surface area contributed by atoms with Crippen molar-refractivity contribution in [2.75, 3.05) is 20.0 Å². The molecule has 9 nitrogen and oxygen atoms in total. The number of hydrogen-bond donors (Lipinski definition) is 2. The number of aromatic nitrogens is 3. The number of hydrazone groups is 1. The summed E-state index contributed by atoms with van der Waals surface area (Å²) in [5, 5.41) is 23.9. The molecule has 0 saturated heterocycles. The van der Waals surface area contributed by atoms with Crippen molar-refractivity contribution in [1.82, 2.24) is 20.2 Å². The molecule has 0 radical (unpaired) electrons. The number of rotatable bonds is 9. The zero-order chi connectivity index (χ0) is 26.4. The first-order valence-electron chi connectivity index (χ1n) is 11.1. The summed E-state index contributed by atoms with van der Waals surface area (Å²) in [6, 6.07) is 18.5. The van der Waals surface area contributed by atoms with Gasteiger partial charge in [-0.1, -0.05) is 41.1 Å². The second kappa shape index (κ2) is 11.8. The Hall–Kier alpha value is -4.02. The Morgan fingerprint density at radius 1 is 1.08 bits per heavy atom. The zero-order valence-electron chi connectivity index (χ0n) is 20.3. The Morgan fingerprint density at radius 3 is 2.35 bits per heavy atom. The summed E-state index contributed by atoms with van der Waals surface area (Å²) in [5.74, 6) is 0.717. The molecule has 1 amide bonds. The van der Waals surface area contributed by atoms with Gasteiger partial charge in [0.1, 0.15) is 0 Å². The van der Waals surface area contributed by atoms with Crippen LogP contribution in [0, 0.1) is 6.92 Å². The van der Waals surface area contributed by atoms with E-state index < -0.39 is 0 Å². The Labute approximate surface area is 223 Å². The largest absolute Gasteiger partial charge is 0.502 e. The van der Waals surface area contributed by atoms with Crippen LogP contribution in [-0.4, -0.2) is 52.0 Å². The van der Waals surface area contributed by atoms with Crippen LogP contribution in [0.3, 0.4) is 0 Å². The third-order valence-corrected chi connectivity index (χ3v) is 6.45. The standard InChI is InChI=1S/C26H24ClN5O4S/c1-16-4-10-20(11-5-16)32-25(18-6-8-19(27)9-7-18)30-31-26(32)37-15-23(33)29-28-14-17-12-21(35-2)24(34)22(13-17)36-3/h4-14,34H,15H2,1-3H3,(H,29,33). The summed E-state index contributed by atoms with van der Waals surface area (Å²) in [6.07, 6.45) is 1.43. The van der Waals surface area contributed by atoms with Crippen LogP contribution in [-0.2, 0) is 4.79 Å². The number of phenols is 1. The molecule has 1 aromatic heterocycles. The fourth-order valence-electron chi connectivity index (χ4n) is 3.41. The summed E-state index contributed by atoms with van der Waals surface area (Å²) in [5.41, 5.74) is 5.91. The molecule has 4 rings (SSSR count). The smallest absolute Gasteiger partial charge is 0.250 e. The average molecular weight is 538 g/mol. The minimum absolute atomic E-state index is 0.0597. The van der Waals surface area contributed by atoms with E-state index in [0.29, 0.717) is 21.6 Å². The number of aromatic hydroxyl groups is 1. The van der Waals surface area contributed by atoms with Gasteiger partial charge in [0.25, 0.3) is 5.91 Å². The normalized spacial score (nSPS) is 11.0. The van der Waals surface area contributed by atoms with E-state index in [0.717, 1.165) is 16.8 Å². The first-order valence-corrected chi connectivity index (χ1v) is 12.4. The molecule has 190 valence electrons. The van der Waals surface area contributed by atoms with Gasteiger partial charge in [0.2, 0.25) is 5.75 Å². The number of carbonyl (C=O) groups excluding carboxylic acids is 1. The maximum absolute atomic E-state index is 12.5. The molecule has 0 aliphatic carbocycles. The molecule has 0 aliphatic heterocycles. The van der Waals surface area contributed by atoms with Gasteiger partial charge < -0.3 is 14.6 Å². The predicted molar refractivity (Wildman–Crippen MR) is 144 cm³/mol. The minimum atomic E-state index is -0.328. The van der Waals surface area contributed by atoms with Crippen LogP contribution in [0.25, 0.3) is 17.1 Å². The minimum Gasteiger partial charge on any atom is -0.502 e. The molecule has 0 spiro atoms. The van der Waals surface area contributed by atoms with E-state index in [4.69, 9.17) is 21.1 Å². The van der Waals surface area contributed by atoms with Gasteiger partial charge in [0, 0.05) is 21.8 Å². The molecule has 0 fully saturated rings. The van der Waals surface area contributed by atoms with Crippen molar-refractivity contribution in [2.24, 2.45) is 5.10 Å². The van der Waals surface area contributed by atoms with Crippen molar-refractivity contribution in [2.45, 2.75) is 12.1 Å². The number of halogens is 1. The van der Waals surface area contributed by atoms with E-state index in [-0.39, 0.29) is 28.9 Å². The molecule has 37 heavy (non-hydrogen) atoms. The van der Waals surface area contributed by atoms with E-state index in [1.54, 1.807) is 24.3 Å². The molecule has 0 unspecified atom stereocenters. The topological polar surface area (TPSA) is 111 Å². The quantitative estimate of drug-likeness (QED) is 0.178. The highest BCUT2D eigenvalue weighted by Crippen LogP contribution is 2.36. The molecule has 0 aliphatic rings. The predicted octanol–water partition coefficient (Wildman–Crippen LogP) is 4.86. The van der Waals surface area contributed by atoms with Gasteiger partial charge >= 0.3 is 0 Å². The molecule has 1 heterocycles. The number of nitrogens with one attached hydrogen (secondary N) is 1. The maximum atomic E-state index is 12.5. The first kappa shape index (κ1) is 26.1. The highest BCUT2D eigenvalue weighted by molar-refractivity contribution is 7.99. The molecular weight excluding hydrogens is 514 g/mol. The first-order chi connectivity index (χ1) is 17.9. The van der Waals surface area contributed by atoms with Crippen LogP contribution in [0.2, 0.25) is 5.02 Å². The van der Waals surface area contributed by atoms with Crippen LogP contribution >= 0.6 is 23.4 Å². The van der Waals surface area contributed by atoms with Gasteiger partial charge in [-0.05, 0) is 55.5 Å². The Morgan fingerprint density at radius 2 is 1.73 bits per heavy atom. The third-order valence-electron chi connectivity index (χ3n) is 5.27. The molecule has 2 N–H and O–H groups in total. The number of benzene rings is 3. The van der Waals surface area contributed by atoms with Crippen molar-refractivity contribution >= 4 is 35.5 Å². The average Bonchev–Trinajstić information content (AvgIpc) is 3.33. The second-order valence-electron chi connectivity index (χ2n) is 7.84. The van der Waals surface area contributed by atoms with Crippen LogP contribution in [0.5, 0.6) is 17.2 Å². The van der Waals surface area contributed by atoms with Crippen LogP contribution in [0.15, 0.2) is 70.9 Å². The molecule has 0 saturated carbocycles. The highest BCUT2D eigenvalue weighted by Gasteiger charge is 2.17. The second-order valence-corrected chi connectivity index (χ2v) is 9.22. The van der Waals surface area contributed by atoms with Gasteiger partial charge in [0.05, 0.1) is 26.2 Å². The summed E-state index contributed by atoms with van der Waals surface area (Å²) in [6.45, 7) is 2.01. The molecule has 0 bridgehead atoms. The molecule has 11 heteroatoms. The fraction of sp³-hybridized carbons (Fsp3) is 0.154. The third kappa shape index (κ3) is 6.22. The monoisotopic (exact) mass is 537 g/mol.